The Balaban J connectivity index is 1.66. The molecule has 0 saturated heterocycles. The number of anilines is 2. The quantitative estimate of drug-likeness (QED) is 0.764. The van der Waals surface area contributed by atoms with Crippen LogP contribution in [0.3, 0.4) is 0 Å². The van der Waals surface area contributed by atoms with Crippen molar-refractivity contribution in [2.75, 3.05) is 5.32 Å². The molecule has 1 saturated carbocycles. The van der Waals surface area contributed by atoms with E-state index in [0.717, 1.165) is 37.8 Å². The van der Waals surface area contributed by atoms with E-state index in [1.54, 1.807) is 0 Å². The molecule has 1 aliphatic rings. The van der Waals surface area contributed by atoms with Crippen molar-refractivity contribution in [3.05, 3.63) is 46.7 Å². The highest BCUT2D eigenvalue weighted by Crippen LogP contribution is 2.36. The molecule has 0 aliphatic heterocycles. The highest BCUT2D eigenvalue weighted by Gasteiger charge is 2.33. The predicted octanol–water partition coefficient (Wildman–Crippen LogP) is 4.95. The fourth-order valence-electron chi connectivity index (χ4n) is 2.97. The second-order valence-corrected chi connectivity index (χ2v) is 6.83. The Morgan fingerprint density at radius 2 is 1.78 bits per heavy atom. The summed E-state index contributed by atoms with van der Waals surface area (Å²) in [5.41, 5.74) is -0.498. The maximum Gasteiger partial charge on any atom is 0.417 e. The maximum absolute atomic E-state index is 12.9. The number of aromatic nitrogens is 2. The Kier molecular flexibility index (Phi) is 5.84. The molecule has 0 spiro atoms. The van der Waals surface area contributed by atoms with Crippen LogP contribution in [0.4, 0.5) is 24.8 Å². The first-order chi connectivity index (χ1) is 12.8. The molecule has 1 fully saturated rings. The molecular formula is C18H18ClF3N4O. The third-order valence-electron chi connectivity index (χ3n) is 4.38. The van der Waals surface area contributed by atoms with Crippen LogP contribution in [0.15, 0.2) is 30.6 Å². The minimum absolute atomic E-state index is 0.0830. The van der Waals surface area contributed by atoms with E-state index < -0.39 is 11.7 Å². The summed E-state index contributed by atoms with van der Waals surface area (Å²) in [5, 5.41) is 5.25. The number of carbonyl (C=O) groups excluding carboxylic acids is 1. The number of alkyl halides is 3. The van der Waals surface area contributed by atoms with E-state index in [2.05, 4.69) is 20.6 Å². The van der Waals surface area contributed by atoms with Crippen molar-refractivity contribution in [1.82, 2.24) is 15.3 Å². The van der Waals surface area contributed by atoms with Gasteiger partial charge in [-0.25, -0.2) is 9.97 Å². The standard InChI is InChI=1S/C18H18ClF3N4O/c19-15-7-6-13(8-14(15)18(20,21)22)26-17-23-9-11(10-24-17)16(27)25-12-4-2-1-3-5-12/h6-10,12H,1-5H2,(H,25,27)(H,23,24,26). The first-order valence-corrected chi connectivity index (χ1v) is 8.97. The van der Waals surface area contributed by atoms with Gasteiger partial charge in [0.2, 0.25) is 5.95 Å². The van der Waals surface area contributed by atoms with Crippen LogP contribution in [0.25, 0.3) is 0 Å². The van der Waals surface area contributed by atoms with E-state index in [0.29, 0.717) is 5.56 Å². The van der Waals surface area contributed by atoms with Gasteiger partial charge < -0.3 is 10.6 Å². The molecule has 1 aromatic carbocycles. The van der Waals surface area contributed by atoms with Gasteiger partial charge in [0.1, 0.15) is 0 Å². The minimum atomic E-state index is -4.56. The summed E-state index contributed by atoms with van der Waals surface area (Å²) in [7, 11) is 0. The highest BCUT2D eigenvalue weighted by molar-refractivity contribution is 6.31. The number of nitrogens with one attached hydrogen (secondary N) is 2. The lowest BCUT2D eigenvalue weighted by atomic mass is 9.95. The number of rotatable bonds is 4. The minimum Gasteiger partial charge on any atom is -0.349 e. The summed E-state index contributed by atoms with van der Waals surface area (Å²) >= 11 is 5.60. The van der Waals surface area contributed by atoms with Gasteiger partial charge in [0.05, 0.1) is 16.1 Å². The van der Waals surface area contributed by atoms with Gasteiger partial charge in [-0.2, -0.15) is 13.2 Å². The molecule has 0 bridgehead atoms. The van der Waals surface area contributed by atoms with Crippen LogP contribution in [0.2, 0.25) is 5.02 Å². The lowest BCUT2D eigenvalue weighted by molar-refractivity contribution is -0.137. The second-order valence-electron chi connectivity index (χ2n) is 6.42. The maximum atomic E-state index is 12.9. The molecule has 0 unspecified atom stereocenters. The molecule has 1 aromatic heterocycles. The molecule has 5 nitrogen and oxygen atoms in total. The molecule has 27 heavy (non-hydrogen) atoms. The number of hydrogen-bond donors (Lipinski definition) is 2. The Labute approximate surface area is 159 Å². The molecule has 144 valence electrons. The summed E-state index contributed by atoms with van der Waals surface area (Å²) in [6, 6.07) is 3.59. The van der Waals surface area contributed by atoms with Gasteiger partial charge in [-0.05, 0) is 31.0 Å². The number of hydrogen-bond acceptors (Lipinski definition) is 4. The molecule has 0 atom stereocenters. The van der Waals surface area contributed by atoms with Crippen LogP contribution in [0, 0.1) is 0 Å². The third-order valence-corrected chi connectivity index (χ3v) is 4.71. The van der Waals surface area contributed by atoms with Gasteiger partial charge in [-0.3, -0.25) is 4.79 Å². The zero-order valence-corrected chi connectivity index (χ0v) is 15.1. The average molecular weight is 399 g/mol. The van der Waals surface area contributed by atoms with Crippen molar-refractivity contribution in [2.24, 2.45) is 0 Å². The van der Waals surface area contributed by atoms with Crippen LogP contribution in [-0.4, -0.2) is 21.9 Å². The fourth-order valence-corrected chi connectivity index (χ4v) is 3.20. The number of benzene rings is 1. The van der Waals surface area contributed by atoms with Crippen molar-refractivity contribution >= 4 is 29.1 Å². The highest BCUT2D eigenvalue weighted by atomic mass is 35.5. The van der Waals surface area contributed by atoms with Gasteiger partial charge in [0.25, 0.3) is 5.91 Å². The van der Waals surface area contributed by atoms with Gasteiger partial charge in [0, 0.05) is 24.1 Å². The van der Waals surface area contributed by atoms with Crippen molar-refractivity contribution in [3.8, 4) is 0 Å². The normalized spacial score (nSPS) is 15.4. The molecule has 1 aliphatic carbocycles. The first-order valence-electron chi connectivity index (χ1n) is 8.59. The molecule has 1 heterocycles. The van der Waals surface area contributed by atoms with Crippen LogP contribution in [0.5, 0.6) is 0 Å². The monoisotopic (exact) mass is 398 g/mol. The van der Waals surface area contributed by atoms with E-state index >= 15 is 0 Å². The number of amides is 1. The van der Waals surface area contributed by atoms with E-state index in [1.807, 2.05) is 0 Å². The molecule has 3 rings (SSSR count). The average Bonchev–Trinajstić information content (AvgIpc) is 2.64. The van der Waals surface area contributed by atoms with Crippen LogP contribution in [-0.2, 0) is 6.18 Å². The Bertz CT molecular complexity index is 805. The third kappa shape index (κ3) is 5.09. The Morgan fingerprint density at radius 3 is 2.41 bits per heavy atom. The van der Waals surface area contributed by atoms with Gasteiger partial charge >= 0.3 is 6.18 Å². The molecular weight excluding hydrogens is 381 g/mol. The molecule has 9 heteroatoms. The van der Waals surface area contributed by atoms with E-state index in [9.17, 15) is 18.0 Å². The Hall–Kier alpha value is -2.35. The van der Waals surface area contributed by atoms with Crippen molar-refractivity contribution in [1.29, 1.82) is 0 Å². The zero-order chi connectivity index (χ0) is 19.4. The van der Waals surface area contributed by atoms with Gasteiger partial charge in [-0.1, -0.05) is 30.9 Å². The summed E-state index contributed by atoms with van der Waals surface area (Å²) in [6.45, 7) is 0. The number of halogens is 4. The predicted molar refractivity (Wildman–Crippen MR) is 96.1 cm³/mol. The van der Waals surface area contributed by atoms with Crippen molar-refractivity contribution in [3.63, 3.8) is 0 Å². The van der Waals surface area contributed by atoms with Crippen LogP contribution in [0.1, 0.15) is 48.0 Å². The second kappa shape index (κ2) is 8.12. The first kappa shape index (κ1) is 19.4. The molecule has 0 radical (unpaired) electrons. The largest absolute Gasteiger partial charge is 0.417 e. The lowest BCUT2D eigenvalue weighted by Gasteiger charge is -2.22. The van der Waals surface area contributed by atoms with Crippen molar-refractivity contribution < 1.29 is 18.0 Å². The van der Waals surface area contributed by atoms with Crippen molar-refractivity contribution in [2.45, 2.75) is 44.3 Å². The smallest absolute Gasteiger partial charge is 0.349 e. The zero-order valence-electron chi connectivity index (χ0n) is 14.3. The topological polar surface area (TPSA) is 66.9 Å². The van der Waals surface area contributed by atoms with E-state index in [-0.39, 0.29) is 28.6 Å². The van der Waals surface area contributed by atoms with Gasteiger partial charge in [-0.15, -0.1) is 0 Å². The molecule has 1 amide bonds. The van der Waals surface area contributed by atoms with E-state index in [1.165, 1.54) is 24.9 Å². The summed E-state index contributed by atoms with van der Waals surface area (Å²) in [6.07, 6.45) is 3.45. The summed E-state index contributed by atoms with van der Waals surface area (Å²) in [5.74, 6) is -0.168. The summed E-state index contributed by atoms with van der Waals surface area (Å²) < 4.78 is 38.7. The van der Waals surface area contributed by atoms with Crippen LogP contribution >= 0.6 is 11.6 Å². The molecule has 2 N–H and O–H groups in total. The number of carbonyl (C=O) groups is 1. The SMILES string of the molecule is O=C(NC1CCCCC1)c1cnc(Nc2ccc(Cl)c(C(F)(F)F)c2)nc1. The van der Waals surface area contributed by atoms with E-state index in [4.69, 9.17) is 11.6 Å². The fraction of sp³-hybridized carbons (Fsp3) is 0.389. The summed E-state index contributed by atoms with van der Waals surface area (Å²) in [4.78, 5) is 20.2. The van der Waals surface area contributed by atoms with Gasteiger partial charge in [0.15, 0.2) is 0 Å². The van der Waals surface area contributed by atoms with Crippen LogP contribution < -0.4 is 10.6 Å². The number of nitrogens with zero attached hydrogens (tertiary/aromatic N) is 2. The Morgan fingerprint density at radius 1 is 1.11 bits per heavy atom. The lowest BCUT2D eigenvalue weighted by Crippen LogP contribution is -2.36. The molecule has 2 aromatic rings.